The summed E-state index contributed by atoms with van der Waals surface area (Å²) < 4.78 is 3.05. The van der Waals surface area contributed by atoms with Gasteiger partial charge in [0.1, 0.15) is 0 Å². The maximum atomic E-state index is 12.6. The number of benzene rings is 2. The molecule has 0 aliphatic rings. The summed E-state index contributed by atoms with van der Waals surface area (Å²) in [5.74, 6) is -0.595. The van der Waals surface area contributed by atoms with Gasteiger partial charge in [0.05, 0.1) is 25.7 Å². The molecule has 0 fully saturated rings. The lowest BCUT2D eigenvalue weighted by molar-refractivity contribution is -0.384. The van der Waals surface area contributed by atoms with E-state index < -0.39 is 10.8 Å². The first-order valence-corrected chi connectivity index (χ1v) is 9.15. The summed E-state index contributed by atoms with van der Waals surface area (Å²) in [6.45, 7) is 6.67. The number of nitro groups is 1. The van der Waals surface area contributed by atoms with Crippen LogP contribution in [-0.2, 0) is 6.54 Å². The van der Waals surface area contributed by atoms with Crippen molar-refractivity contribution in [3.05, 3.63) is 67.0 Å². The molecule has 0 bridgehead atoms. The number of aromatic nitrogens is 1. The minimum atomic E-state index is -0.595. The molecule has 3 rings (SSSR count). The Kier molecular flexibility index (Phi) is 4.93. The number of amides is 1. The molecule has 0 unspecified atom stereocenters. The summed E-state index contributed by atoms with van der Waals surface area (Å²) in [7, 11) is 0. The smallest absolute Gasteiger partial charge is 0.281 e. The number of nitro benzene ring substituents is 1. The molecule has 0 N–H and O–H groups in total. The van der Waals surface area contributed by atoms with Crippen molar-refractivity contribution in [1.82, 2.24) is 4.57 Å². The highest BCUT2D eigenvalue weighted by molar-refractivity contribution is 7.16. The van der Waals surface area contributed by atoms with Crippen molar-refractivity contribution in [3.63, 3.8) is 0 Å². The first-order valence-electron chi connectivity index (χ1n) is 7.96. The number of carbonyl (C=O) groups is 1. The molecule has 6 nitrogen and oxygen atoms in total. The average molecular weight is 390 g/mol. The molecule has 26 heavy (non-hydrogen) atoms. The lowest BCUT2D eigenvalue weighted by atomic mass is 10.1. The van der Waals surface area contributed by atoms with Crippen molar-refractivity contribution in [2.24, 2.45) is 4.99 Å². The average Bonchev–Trinajstić information content (AvgIpc) is 2.97. The van der Waals surface area contributed by atoms with E-state index in [0.29, 0.717) is 11.3 Å². The van der Waals surface area contributed by atoms with Gasteiger partial charge in [-0.05, 0) is 38.0 Å². The monoisotopic (exact) mass is 389 g/mol. The van der Waals surface area contributed by atoms with Crippen molar-refractivity contribution in [3.8, 4) is 0 Å². The van der Waals surface area contributed by atoms with Crippen LogP contribution >= 0.6 is 22.9 Å². The Balaban J connectivity index is 2.21. The number of thiazole rings is 1. The first kappa shape index (κ1) is 18.3. The molecule has 2 aromatic carbocycles. The van der Waals surface area contributed by atoms with Crippen LogP contribution in [0.3, 0.4) is 0 Å². The van der Waals surface area contributed by atoms with Gasteiger partial charge in [-0.2, -0.15) is 4.99 Å². The van der Waals surface area contributed by atoms with Crippen LogP contribution in [0.5, 0.6) is 0 Å². The van der Waals surface area contributed by atoms with Crippen LogP contribution in [0, 0.1) is 24.0 Å². The molecule has 1 heterocycles. The van der Waals surface area contributed by atoms with E-state index in [9.17, 15) is 14.9 Å². The second-order valence-electron chi connectivity index (χ2n) is 5.84. The van der Waals surface area contributed by atoms with E-state index in [-0.39, 0.29) is 16.3 Å². The Morgan fingerprint density at radius 2 is 1.96 bits per heavy atom. The molecule has 3 aromatic rings. The number of carbonyl (C=O) groups excluding carboxylic acids is 1. The maximum Gasteiger partial charge on any atom is 0.281 e. The zero-order valence-corrected chi connectivity index (χ0v) is 16.0. The van der Waals surface area contributed by atoms with Crippen molar-refractivity contribution >= 4 is 44.7 Å². The highest BCUT2D eigenvalue weighted by Crippen LogP contribution is 2.26. The van der Waals surface area contributed by atoms with Crippen LogP contribution in [0.1, 0.15) is 28.4 Å². The minimum Gasteiger partial charge on any atom is -0.316 e. The van der Waals surface area contributed by atoms with E-state index in [1.165, 1.54) is 23.5 Å². The molecule has 0 radical (unpaired) electrons. The third-order valence-corrected chi connectivity index (χ3v) is 5.67. The quantitative estimate of drug-likeness (QED) is 0.483. The lowest BCUT2D eigenvalue weighted by Crippen LogP contribution is -2.16. The Hall–Kier alpha value is -2.51. The number of fused-ring (bicyclic) bond motifs is 1. The number of rotatable bonds is 3. The van der Waals surface area contributed by atoms with E-state index in [2.05, 4.69) is 4.99 Å². The maximum absolute atomic E-state index is 12.6. The lowest BCUT2D eigenvalue weighted by Gasteiger charge is -2.05. The first-order chi connectivity index (χ1) is 12.3. The van der Waals surface area contributed by atoms with Crippen molar-refractivity contribution in [2.75, 3.05) is 0 Å². The summed E-state index contributed by atoms with van der Waals surface area (Å²) in [4.78, 5) is 27.8. The van der Waals surface area contributed by atoms with E-state index in [4.69, 9.17) is 11.6 Å². The number of nitrogens with zero attached hydrogens (tertiary/aromatic N) is 3. The second kappa shape index (κ2) is 7.01. The molecule has 0 saturated carbocycles. The van der Waals surface area contributed by atoms with E-state index >= 15 is 0 Å². The highest BCUT2D eigenvalue weighted by Gasteiger charge is 2.17. The van der Waals surface area contributed by atoms with Gasteiger partial charge in [0.2, 0.25) is 0 Å². The van der Waals surface area contributed by atoms with E-state index in [0.717, 1.165) is 27.4 Å². The normalized spacial score (nSPS) is 11.9. The molecule has 1 amide bonds. The van der Waals surface area contributed by atoms with Crippen molar-refractivity contribution < 1.29 is 9.72 Å². The molecular weight excluding hydrogens is 374 g/mol. The van der Waals surface area contributed by atoms with Gasteiger partial charge in [0.15, 0.2) is 4.80 Å². The van der Waals surface area contributed by atoms with Gasteiger partial charge in [-0.25, -0.2) is 0 Å². The predicted octanol–water partition coefficient (Wildman–Crippen LogP) is 4.64. The summed E-state index contributed by atoms with van der Waals surface area (Å²) in [6, 6.07) is 7.85. The molecule has 0 aliphatic heterocycles. The highest BCUT2D eigenvalue weighted by atomic mass is 35.5. The molecule has 0 atom stereocenters. The molecule has 0 spiro atoms. The molecular formula is C18H16ClN3O3S. The SMILES string of the molecule is CCn1c(=NC(=O)c2cc([N+](=O)[O-])ccc2Cl)sc2c(C)ccc(C)c21. The Labute approximate surface area is 158 Å². The van der Waals surface area contributed by atoms with Crippen molar-refractivity contribution in [2.45, 2.75) is 27.3 Å². The van der Waals surface area contributed by atoms with Gasteiger partial charge in [0, 0.05) is 18.7 Å². The molecule has 0 aliphatic carbocycles. The van der Waals surface area contributed by atoms with E-state index in [1.807, 2.05) is 37.5 Å². The zero-order valence-electron chi connectivity index (χ0n) is 14.4. The number of hydrogen-bond acceptors (Lipinski definition) is 4. The molecule has 134 valence electrons. The number of halogens is 1. The summed E-state index contributed by atoms with van der Waals surface area (Å²) in [5.41, 5.74) is 3.09. The third kappa shape index (κ3) is 3.15. The number of non-ortho nitro benzene ring substituents is 1. The summed E-state index contributed by atoms with van der Waals surface area (Å²) >= 11 is 7.49. The molecule has 1 aromatic heterocycles. The van der Waals surface area contributed by atoms with Crippen molar-refractivity contribution in [1.29, 1.82) is 0 Å². The fourth-order valence-electron chi connectivity index (χ4n) is 2.79. The molecule has 8 heteroatoms. The largest absolute Gasteiger partial charge is 0.316 e. The minimum absolute atomic E-state index is 0.0226. The second-order valence-corrected chi connectivity index (χ2v) is 7.23. The van der Waals surface area contributed by atoms with Crippen LogP contribution in [0.15, 0.2) is 35.3 Å². The van der Waals surface area contributed by atoms with E-state index in [1.54, 1.807) is 0 Å². The van der Waals surface area contributed by atoms with Crippen LogP contribution in [-0.4, -0.2) is 15.4 Å². The van der Waals surface area contributed by atoms with Gasteiger partial charge in [-0.3, -0.25) is 14.9 Å². The fraction of sp³-hybridized carbons (Fsp3) is 0.222. The van der Waals surface area contributed by atoms with Crippen LogP contribution < -0.4 is 4.80 Å². The van der Waals surface area contributed by atoms with Crippen LogP contribution in [0.2, 0.25) is 5.02 Å². The summed E-state index contributed by atoms with van der Waals surface area (Å²) in [6.07, 6.45) is 0. The molecule has 0 saturated heterocycles. The number of aryl methyl sites for hydroxylation is 3. The van der Waals surface area contributed by atoms with Gasteiger partial charge >= 0.3 is 0 Å². The van der Waals surface area contributed by atoms with Crippen LogP contribution in [0.25, 0.3) is 10.2 Å². The van der Waals surface area contributed by atoms with Crippen LogP contribution in [0.4, 0.5) is 5.69 Å². The Morgan fingerprint density at radius 1 is 1.27 bits per heavy atom. The Bertz CT molecular complexity index is 1110. The van der Waals surface area contributed by atoms with Gasteiger partial charge in [0.25, 0.3) is 11.6 Å². The third-order valence-electron chi connectivity index (χ3n) is 4.13. The van der Waals surface area contributed by atoms with Gasteiger partial charge in [-0.15, -0.1) is 0 Å². The van der Waals surface area contributed by atoms with Gasteiger partial charge < -0.3 is 4.57 Å². The standard InChI is InChI=1S/C18H16ClN3O3S/c1-4-21-15-10(2)5-6-11(3)16(15)26-18(21)20-17(23)13-9-12(22(24)25)7-8-14(13)19/h5-9H,4H2,1-3H3. The fourth-order valence-corrected chi connectivity index (χ4v) is 4.23. The number of hydrogen-bond donors (Lipinski definition) is 0. The van der Waals surface area contributed by atoms with Gasteiger partial charge in [-0.1, -0.05) is 35.1 Å². The summed E-state index contributed by atoms with van der Waals surface area (Å²) in [5, 5.41) is 11.1. The topological polar surface area (TPSA) is 77.5 Å². The predicted molar refractivity (Wildman–Crippen MR) is 103 cm³/mol. The Morgan fingerprint density at radius 3 is 2.62 bits per heavy atom. The zero-order chi connectivity index (χ0) is 19.0.